The van der Waals surface area contributed by atoms with Crippen LogP contribution in [0.1, 0.15) is 4.88 Å². The van der Waals surface area contributed by atoms with Crippen molar-refractivity contribution in [2.24, 2.45) is 0 Å². The number of hydrogen-bond donors (Lipinski definition) is 2. The molecule has 0 spiro atoms. The number of fused-ring (bicyclic) bond motifs is 1. The van der Waals surface area contributed by atoms with Crippen LogP contribution in [0.2, 0.25) is 0 Å². The van der Waals surface area contributed by atoms with Crippen LogP contribution in [0, 0.1) is 0 Å². The molecule has 0 amide bonds. The third-order valence-corrected chi connectivity index (χ3v) is 6.30. The third kappa shape index (κ3) is 2.71. The molecule has 3 aromatic rings. The molecule has 0 unspecified atom stereocenters. The highest BCUT2D eigenvalue weighted by Gasteiger charge is 2.06. The third-order valence-electron chi connectivity index (χ3n) is 3.05. The lowest BCUT2D eigenvalue weighted by atomic mass is 10.1. The second-order valence-corrected chi connectivity index (χ2v) is 7.67. The zero-order valence-electron chi connectivity index (χ0n) is 10.4. The van der Waals surface area contributed by atoms with E-state index in [0.717, 1.165) is 31.3 Å². The number of nitrogens with one attached hydrogen (secondary N) is 1. The van der Waals surface area contributed by atoms with Crippen LogP contribution in [0.25, 0.3) is 10.8 Å². The molecule has 0 aliphatic rings. The smallest absolute Gasteiger partial charge is 0.123 e. The van der Waals surface area contributed by atoms with Gasteiger partial charge in [-0.2, -0.15) is 0 Å². The first kappa shape index (κ1) is 13.9. The lowest BCUT2D eigenvalue weighted by Crippen LogP contribution is -1.97. The fourth-order valence-corrected chi connectivity index (χ4v) is 4.22. The number of anilines is 1. The van der Waals surface area contributed by atoms with E-state index in [1.54, 1.807) is 17.4 Å². The molecule has 1 heterocycles. The van der Waals surface area contributed by atoms with E-state index in [2.05, 4.69) is 43.2 Å². The molecule has 1 aromatic heterocycles. The second-order valence-electron chi connectivity index (χ2n) is 4.37. The van der Waals surface area contributed by atoms with Crippen molar-refractivity contribution in [2.45, 2.75) is 6.54 Å². The van der Waals surface area contributed by atoms with Crippen LogP contribution in [-0.2, 0) is 6.54 Å². The van der Waals surface area contributed by atoms with E-state index in [1.165, 1.54) is 4.88 Å². The molecule has 3 rings (SSSR count). The van der Waals surface area contributed by atoms with Gasteiger partial charge in [0.05, 0.1) is 3.79 Å². The normalized spacial score (nSPS) is 10.9. The molecule has 0 bridgehead atoms. The first-order valence-electron chi connectivity index (χ1n) is 6.03. The number of phenols is 1. The van der Waals surface area contributed by atoms with Gasteiger partial charge in [0, 0.05) is 32.4 Å². The van der Waals surface area contributed by atoms with Gasteiger partial charge in [0.25, 0.3) is 0 Å². The van der Waals surface area contributed by atoms with E-state index < -0.39 is 0 Å². The standard InChI is InChI=1S/C15H11Br2NOS/c16-12-7-9(20-15(12)17)8-18-13-5-1-4-11-10(13)3-2-6-14(11)19/h1-7,18-19H,8H2. The molecule has 0 saturated carbocycles. The second kappa shape index (κ2) is 5.76. The van der Waals surface area contributed by atoms with E-state index in [1.807, 2.05) is 30.3 Å². The molecule has 20 heavy (non-hydrogen) atoms. The molecule has 0 saturated heterocycles. The Balaban J connectivity index is 1.89. The summed E-state index contributed by atoms with van der Waals surface area (Å²) in [6, 6.07) is 13.6. The number of thiophene rings is 1. The summed E-state index contributed by atoms with van der Waals surface area (Å²) in [6.45, 7) is 0.754. The Morgan fingerprint density at radius 3 is 2.55 bits per heavy atom. The van der Waals surface area contributed by atoms with Gasteiger partial charge >= 0.3 is 0 Å². The lowest BCUT2D eigenvalue weighted by molar-refractivity contribution is 0.481. The van der Waals surface area contributed by atoms with E-state index in [0.29, 0.717) is 5.75 Å². The molecule has 102 valence electrons. The van der Waals surface area contributed by atoms with Gasteiger partial charge in [0.15, 0.2) is 0 Å². The Labute approximate surface area is 137 Å². The topological polar surface area (TPSA) is 32.3 Å². The minimum Gasteiger partial charge on any atom is -0.507 e. The molecule has 2 aromatic carbocycles. The Hall–Kier alpha value is -1.04. The minimum atomic E-state index is 0.313. The molecule has 0 atom stereocenters. The Kier molecular flexibility index (Phi) is 4.01. The van der Waals surface area contributed by atoms with Gasteiger partial charge < -0.3 is 10.4 Å². The van der Waals surface area contributed by atoms with Gasteiger partial charge in [-0.15, -0.1) is 11.3 Å². The van der Waals surface area contributed by atoms with Crippen molar-refractivity contribution >= 4 is 59.7 Å². The maximum absolute atomic E-state index is 9.88. The molecule has 0 radical (unpaired) electrons. The number of rotatable bonds is 3. The maximum atomic E-state index is 9.88. The molecule has 2 N–H and O–H groups in total. The van der Waals surface area contributed by atoms with Gasteiger partial charge in [0.1, 0.15) is 5.75 Å². The SMILES string of the molecule is Oc1cccc2c(NCc3cc(Br)c(Br)s3)cccc12. The summed E-state index contributed by atoms with van der Waals surface area (Å²) < 4.78 is 2.18. The van der Waals surface area contributed by atoms with Crippen LogP contribution in [-0.4, -0.2) is 5.11 Å². The molecule has 5 heteroatoms. The number of phenolic OH excluding ortho intramolecular Hbond substituents is 1. The van der Waals surface area contributed by atoms with Crippen molar-refractivity contribution in [1.82, 2.24) is 0 Å². The van der Waals surface area contributed by atoms with Crippen molar-refractivity contribution in [1.29, 1.82) is 0 Å². The molecule has 0 aliphatic carbocycles. The van der Waals surface area contributed by atoms with Crippen LogP contribution in [0.4, 0.5) is 5.69 Å². The Morgan fingerprint density at radius 1 is 1.05 bits per heavy atom. The molecule has 0 aliphatic heterocycles. The summed E-state index contributed by atoms with van der Waals surface area (Å²) in [5.74, 6) is 0.313. The first-order valence-corrected chi connectivity index (χ1v) is 8.43. The van der Waals surface area contributed by atoms with Crippen LogP contribution in [0.3, 0.4) is 0 Å². The molecule has 0 fully saturated rings. The Morgan fingerprint density at radius 2 is 1.80 bits per heavy atom. The molecular formula is C15H11Br2NOS. The van der Waals surface area contributed by atoms with Gasteiger partial charge in [-0.25, -0.2) is 0 Å². The average molecular weight is 413 g/mol. The number of benzene rings is 2. The maximum Gasteiger partial charge on any atom is 0.123 e. The van der Waals surface area contributed by atoms with Gasteiger partial charge in [-0.1, -0.05) is 24.3 Å². The van der Waals surface area contributed by atoms with Gasteiger partial charge in [0.2, 0.25) is 0 Å². The van der Waals surface area contributed by atoms with Crippen molar-refractivity contribution in [3.8, 4) is 5.75 Å². The number of hydrogen-bond acceptors (Lipinski definition) is 3. The summed E-state index contributed by atoms with van der Waals surface area (Å²) in [5, 5.41) is 15.2. The largest absolute Gasteiger partial charge is 0.507 e. The molecule has 2 nitrogen and oxygen atoms in total. The summed E-state index contributed by atoms with van der Waals surface area (Å²) in [6.07, 6.45) is 0. The average Bonchev–Trinajstić information content (AvgIpc) is 2.76. The van der Waals surface area contributed by atoms with Crippen molar-refractivity contribution in [2.75, 3.05) is 5.32 Å². The van der Waals surface area contributed by atoms with Crippen LogP contribution < -0.4 is 5.32 Å². The van der Waals surface area contributed by atoms with E-state index in [4.69, 9.17) is 0 Å². The molecular weight excluding hydrogens is 402 g/mol. The highest BCUT2D eigenvalue weighted by molar-refractivity contribution is 9.13. The van der Waals surface area contributed by atoms with Crippen LogP contribution >= 0.6 is 43.2 Å². The van der Waals surface area contributed by atoms with E-state index in [9.17, 15) is 5.11 Å². The summed E-state index contributed by atoms with van der Waals surface area (Å²) >= 11 is 8.70. The highest BCUT2D eigenvalue weighted by Crippen LogP contribution is 2.34. The van der Waals surface area contributed by atoms with Crippen LogP contribution in [0.15, 0.2) is 50.7 Å². The lowest BCUT2D eigenvalue weighted by Gasteiger charge is -2.09. The van der Waals surface area contributed by atoms with Crippen molar-refractivity contribution in [3.05, 3.63) is 55.6 Å². The fourth-order valence-electron chi connectivity index (χ4n) is 2.11. The predicted octanol–water partition coefficient (Wildman–Crippen LogP) is 5.74. The summed E-state index contributed by atoms with van der Waals surface area (Å²) in [7, 11) is 0. The number of aromatic hydroxyl groups is 1. The minimum absolute atomic E-state index is 0.313. The van der Waals surface area contributed by atoms with E-state index >= 15 is 0 Å². The Bertz CT molecular complexity index is 750. The quantitative estimate of drug-likeness (QED) is 0.574. The predicted molar refractivity (Wildman–Crippen MR) is 92.7 cm³/mol. The highest BCUT2D eigenvalue weighted by atomic mass is 79.9. The van der Waals surface area contributed by atoms with Gasteiger partial charge in [-0.3, -0.25) is 0 Å². The summed E-state index contributed by atoms with van der Waals surface area (Å²) in [4.78, 5) is 1.24. The summed E-state index contributed by atoms with van der Waals surface area (Å²) in [5.41, 5.74) is 1.03. The van der Waals surface area contributed by atoms with E-state index in [-0.39, 0.29) is 0 Å². The monoisotopic (exact) mass is 411 g/mol. The van der Waals surface area contributed by atoms with Gasteiger partial charge in [-0.05, 0) is 50.1 Å². The zero-order chi connectivity index (χ0) is 14.1. The van der Waals surface area contributed by atoms with Crippen molar-refractivity contribution < 1.29 is 5.11 Å². The number of halogens is 2. The van der Waals surface area contributed by atoms with Crippen molar-refractivity contribution in [3.63, 3.8) is 0 Å². The fraction of sp³-hybridized carbons (Fsp3) is 0.0667. The zero-order valence-corrected chi connectivity index (χ0v) is 14.3. The van der Waals surface area contributed by atoms with Crippen LogP contribution in [0.5, 0.6) is 5.75 Å². The first-order chi connectivity index (χ1) is 9.65.